The summed E-state index contributed by atoms with van der Waals surface area (Å²) in [5.41, 5.74) is -2.12. The lowest BCUT2D eigenvalue weighted by atomic mass is 10.1. The Morgan fingerprint density at radius 2 is 1.95 bits per heavy atom. The van der Waals surface area contributed by atoms with Crippen LogP contribution in [0.5, 0.6) is 0 Å². The predicted octanol–water partition coefficient (Wildman–Crippen LogP) is 2.57. The van der Waals surface area contributed by atoms with Gasteiger partial charge in [-0.05, 0) is 13.0 Å². The lowest BCUT2D eigenvalue weighted by Gasteiger charge is -2.13. The first-order chi connectivity index (χ1) is 10.4. The van der Waals surface area contributed by atoms with Crippen molar-refractivity contribution in [2.45, 2.75) is 13.5 Å². The minimum atomic E-state index is -1.77. The summed E-state index contributed by atoms with van der Waals surface area (Å²) in [6.07, 6.45) is 0.878. The molecule has 0 aliphatic heterocycles. The molecule has 2 aromatic rings. The molecule has 4 nitrogen and oxygen atoms in total. The standard InChI is InChI=1S/C14H11F4NO3/c1-2-22-14(21)8-6-19(4-3-15)12-7(13(8)20)5-9(16)10(17)11(12)18/h5-6H,2-4H2,1H3. The second kappa shape index (κ2) is 6.17. The molecule has 0 fully saturated rings. The van der Waals surface area contributed by atoms with Gasteiger partial charge in [0, 0.05) is 6.20 Å². The lowest BCUT2D eigenvalue weighted by molar-refractivity contribution is 0.0524. The summed E-state index contributed by atoms with van der Waals surface area (Å²) < 4.78 is 58.7. The fraction of sp³-hybridized carbons (Fsp3) is 0.286. The van der Waals surface area contributed by atoms with Crippen LogP contribution in [0.15, 0.2) is 17.1 Å². The summed E-state index contributed by atoms with van der Waals surface area (Å²) >= 11 is 0. The number of hydrogen-bond acceptors (Lipinski definition) is 3. The number of alkyl halides is 1. The Kier molecular flexibility index (Phi) is 4.48. The first-order valence-corrected chi connectivity index (χ1v) is 6.36. The summed E-state index contributed by atoms with van der Waals surface area (Å²) in [4.78, 5) is 23.9. The van der Waals surface area contributed by atoms with Crippen LogP contribution in [-0.2, 0) is 11.3 Å². The van der Waals surface area contributed by atoms with Gasteiger partial charge in [-0.1, -0.05) is 0 Å². The van der Waals surface area contributed by atoms with E-state index < -0.39 is 58.5 Å². The molecule has 118 valence electrons. The predicted molar refractivity (Wildman–Crippen MR) is 70.0 cm³/mol. The molecule has 0 aliphatic carbocycles. The number of hydrogen-bond donors (Lipinski definition) is 0. The highest BCUT2D eigenvalue weighted by atomic mass is 19.2. The molecule has 0 spiro atoms. The third kappa shape index (κ3) is 2.56. The topological polar surface area (TPSA) is 48.3 Å². The highest BCUT2D eigenvalue weighted by molar-refractivity contribution is 5.94. The molecule has 8 heteroatoms. The number of aromatic nitrogens is 1. The van der Waals surface area contributed by atoms with E-state index in [1.54, 1.807) is 0 Å². The fourth-order valence-corrected chi connectivity index (χ4v) is 2.09. The molecule has 0 unspecified atom stereocenters. The average molecular weight is 317 g/mol. The maximum absolute atomic E-state index is 13.9. The summed E-state index contributed by atoms with van der Waals surface area (Å²) in [5.74, 6) is -5.97. The summed E-state index contributed by atoms with van der Waals surface area (Å²) in [6.45, 7) is 0.0865. The third-order valence-electron chi connectivity index (χ3n) is 3.02. The highest BCUT2D eigenvalue weighted by Crippen LogP contribution is 2.22. The van der Waals surface area contributed by atoms with Crippen LogP contribution >= 0.6 is 0 Å². The molecular weight excluding hydrogens is 306 g/mol. The average Bonchev–Trinajstić information content (AvgIpc) is 2.48. The molecule has 0 aliphatic rings. The van der Waals surface area contributed by atoms with E-state index in [1.807, 2.05) is 0 Å². The maximum atomic E-state index is 13.9. The van der Waals surface area contributed by atoms with Gasteiger partial charge in [0.15, 0.2) is 17.5 Å². The number of benzene rings is 1. The van der Waals surface area contributed by atoms with Crippen molar-refractivity contribution in [2.75, 3.05) is 13.3 Å². The van der Waals surface area contributed by atoms with Crippen LogP contribution in [0.1, 0.15) is 17.3 Å². The van der Waals surface area contributed by atoms with Crippen molar-refractivity contribution in [3.63, 3.8) is 0 Å². The van der Waals surface area contributed by atoms with Crippen molar-refractivity contribution in [1.29, 1.82) is 0 Å². The van der Waals surface area contributed by atoms with Crippen molar-refractivity contribution < 1.29 is 27.1 Å². The number of carbonyl (C=O) groups is 1. The van der Waals surface area contributed by atoms with E-state index in [4.69, 9.17) is 0 Å². The zero-order chi connectivity index (χ0) is 16.4. The van der Waals surface area contributed by atoms with Crippen LogP contribution in [0.3, 0.4) is 0 Å². The van der Waals surface area contributed by atoms with Crippen molar-refractivity contribution in [2.24, 2.45) is 0 Å². The van der Waals surface area contributed by atoms with E-state index in [9.17, 15) is 27.2 Å². The monoisotopic (exact) mass is 317 g/mol. The Balaban J connectivity index is 2.88. The van der Waals surface area contributed by atoms with Gasteiger partial charge in [-0.2, -0.15) is 0 Å². The lowest BCUT2D eigenvalue weighted by Crippen LogP contribution is -2.22. The fourth-order valence-electron chi connectivity index (χ4n) is 2.09. The zero-order valence-corrected chi connectivity index (χ0v) is 11.5. The van der Waals surface area contributed by atoms with E-state index in [0.717, 1.165) is 10.8 Å². The molecule has 0 atom stereocenters. The van der Waals surface area contributed by atoms with Crippen LogP contribution in [0, 0.1) is 17.5 Å². The van der Waals surface area contributed by atoms with Gasteiger partial charge in [-0.25, -0.2) is 22.4 Å². The molecule has 2 rings (SSSR count). The molecule has 22 heavy (non-hydrogen) atoms. The quantitative estimate of drug-likeness (QED) is 0.495. The summed E-state index contributed by atoms with van der Waals surface area (Å²) in [6, 6.07) is 0.480. The van der Waals surface area contributed by atoms with Crippen molar-refractivity contribution in [1.82, 2.24) is 4.57 Å². The molecule has 1 aromatic heterocycles. The Morgan fingerprint density at radius 3 is 2.55 bits per heavy atom. The molecule has 0 N–H and O–H groups in total. The second-order valence-electron chi connectivity index (χ2n) is 4.36. The number of esters is 1. The first kappa shape index (κ1) is 16.0. The number of halogens is 4. The Morgan fingerprint density at radius 1 is 1.27 bits per heavy atom. The molecule has 0 amide bonds. The van der Waals surface area contributed by atoms with E-state index in [1.165, 1.54) is 6.92 Å². The molecule has 1 heterocycles. The van der Waals surface area contributed by atoms with Crippen molar-refractivity contribution >= 4 is 16.9 Å². The van der Waals surface area contributed by atoms with Gasteiger partial charge in [0.1, 0.15) is 12.2 Å². The minimum absolute atomic E-state index is 0.0223. The Labute approximate surface area is 121 Å². The number of rotatable bonds is 4. The second-order valence-corrected chi connectivity index (χ2v) is 4.36. The van der Waals surface area contributed by atoms with Crippen LogP contribution in [0.2, 0.25) is 0 Å². The van der Waals surface area contributed by atoms with E-state index >= 15 is 0 Å². The SMILES string of the molecule is CCOC(=O)c1cn(CCF)c2c(F)c(F)c(F)cc2c1=O. The normalized spacial score (nSPS) is 11.0. The van der Waals surface area contributed by atoms with Gasteiger partial charge in [0.2, 0.25) is 5.43 Å². The number of pyridine rings is 1. The van der Waals surface area contributed by atoms with Crippen LogP contribution in [0.25, 0.3) is 10.9 Å². The number of aryl methyl sites for hydroxylation is 1. The Bertz CT molecular complexity index is 801. The molecule has 0 bridgehead atoms. The maximum Gasteiger partial charge on any atom is 0.343 e. The summed E-state index contributed by atoms with van der Waals surface area (Å²) in [7, 11) is 0. The molecule has 1 aromatic carbocycles. The van der Waals surface area contributed by atoms with Gasteiger partial charge < -0.3 is 9.30 Å². The van der Waals surface area contributed by atoms with Crippen molar-refractivity contribution in [3.8, 4) is 0 Å². The number of carbonyl (C=O) groups excluding carboxylic acids is 1. The van der Waals surface area contributed by atoms with Gasteiger partial charge in [-0.15, -0.1) is 0 Å². The zero-order valence-electron chi connectivity index (χ0n) is 11.5. The van der Waals surface area contributed by atoms with E-state index in [-0.39, 0.29) is 6.61 Å². The van der Waals surface area contributed by atoms with E-state index in [0.29, 0.717) is 6.07 Å². The minimum Gasteiger partial charge on any atom is -0.462 e. The third-order valence-corrected chi connectivity index (χ3v) is 3.02. The largest absolute Gasteiger partial charge is 0.462 e. The number of ether oxygens (including phenoxy) is 1. The Hall–Kier alpha value is -2.38. The smallest absolute Gasteiger partial charge is 0.343 e. The highest BCUT2D eigenvalue weighted by Gasteiger charge is 2.22. The van der Waals surface area contributed by atoms with Gasteiger partial charge in [0.05, 0.1) is 24.1 Å². The van der Waals surface area contributed by atoms with Gasteiger partial charge >= 0.3 is 5.97 Å². The molecule has 0 saturated carbocycles. The molecule has 0 saturated heterocycles. The van der Waals surface area contributed by atoms with Crippen LogP contribution < -0.4 is 5.43 Å². The van der Waals surface area contributed by atoms with Gasteiger partial charge in [-0.3, -0.25) is 4.79 Å². The molecule has 0 radical (unpaired) electrons. The van der Waals surface area contributed by atoms with Gasteiger partial charge in [0.25, 0.3) is 0 Å². The van der Waals surface area contributed by atoms with E-state index in [2.05, 4.69) is 4.74 Å². The molecular formula is C14H11F4NO3. The number of fused-ring (bicyclic) bond motifs is 1. The van der Waals surface area contributed by atoms with Crippen LogP contribution in [-0.4, -0.2) is 23.8 Å². The van der Waals surface area contributed by atoms with Crippen LogP contribution in [0.4, 0.5) is 17.6 Å². The first-order valence-electron chi connectivity index (χ1n) is 6.36. The summed E-state index contributed by atoms with van der Waals surface area (Å²) in [5, 5.41) is -0.560. The van der Waals surface area contributed by atoms with Crippen molar-refractivity contribution in [3.05, 3.63) is 45.5 Å². The number of nitrogens with zero attached hydrogens (tertiary/aromatic N) is 1.